The number of hydrogen-bond donors (Lipinski definition) is 0. The van der Waals surface area contributed by atoms with Gasteiger partial charge in [0.2, 0.25) is 0 Å². The molecule has 0 fully saturated rings. The molecule has 0 aromatic carbocycles. The van der Waals surface area contributed by atoms with Gasteiger partial charge in [0.05, 0.1) is 0 Å². The van der Waals surface area contributed by atoms with Crippen LogP contribution in [0.1, 0.15) is 40.0 Å². The number of rotatable bonds is 1. The molecular formula is C12H18O. The molecular weight excluding hydrogens is 160 g/mol. The van der Waals surface area contributed by atoms with Gasteiger partial charge in [-0.25, -0.2) is 0 Å². The lowest BCUT2D eigenvalue weighted by Gasteiger charge is -2.08. The van der Waals surface area contributed by atoms with Gasteiger partial charge in [-0.05, 0) is 45.6 Å². The largest absolute Gasteiger partial charge is 0.295 e. The molecule has 0 amide bonds. The van der Waals surface area contributed by atoms with E-state index in [0.717, 1.165) is 12.8 Å². The van der Waals surface area contributed by atoms with Gasteiger partial charge in [-0.1, -0.05) is 17.2 Å². The van der Waals surface area contributed by atoms with E-state index in [1.54, 1.807) is 6.08 Å². The van der Waals surface area contributed by atoms with Crippen LogP contribution in [0, 0.1) is 5.92 Å². The number of carbonyl (C=O) groups excluding carboxylic acids is 1. The zero-order valence-electron chi connectivity index (χ0n) is 8.76. The van der Waals surface area contributed by atoms with Crippen molar-refractivity contribution in [2.75, 3.05) is 0 Å². The van der Waals surface area contributed by atoms with Crippen LogP contribution < -0.4 is 0 Å². The summed E-state index contributed by atoms with van der Waals surface area (Å²) in [5.74, 6) is 0.753. The summed E-state index contributed by atoms with van der Waals surface area (Å²) >= 11 is 0. The van der Waals surface area contributed by atoms with Crippen molar-refractivity contribution in [1.82, 2.24) is 0 Å². The molecule has 1 aliphatic carbocycles. The van der Waals surface area contributed by atoms with Crippen LogP contribution in [0.25, 0.3) is 0 Å². The van der Waals surface area contributed by atoms with E-state index in [1.165, 1.54) is 11.1 Å². The molecule has 0 aromatic rings. The Bertz CT molecular complexity index is 254. The second-order valence-corrected chi connectivity index (χ2v) is 4.20. The molecule has 0 N–H and O–H groups in total. The maximum atomic E-state index is 11.4. The smallest absolute Gasteiger partial charge is 0.156 e. The van der Waals surface area contributed by atoms with Gasteiger partial charge in [-0.2, -0.15) is 0 Å². The minimum absolute atomic E-state index is 0.289. The zero-order valence-corrected chi connectivity index (χ0v) is 8.76. The van der Waals surface area contributed by atoms with E-state index in [2.05, 4.69) is 19.9 Å². The van der Waals surface area contributed by atoms with Gasteiger partial charge in [-0.15, -0.1) is 0 Å². The summed E-state index contributed by atoms with van der Waals surface area (Å²) in [6.07, 6.45) is 6.92. The Morgan fingerprint density at radius 3 is 2.85 bits per heavy atom. The summed E-state index contributed by atoms with van der Waals surface area (Å²) in [5.41, 5.74) is 2.55. The minimum atomic E-state index is 0.289. The third kappa shape index (κ3) is 3.58. The van der Waals surface area contributed by atoms with Crippen molar-refractivity contribution >= 4 is 5.78 Å². The summed E-state index contributed by atoms with van der Waals surface area (Å²) in [5, 5.41) is 0. The van der Waals surface area contributed by atoms with E-state index in [9.17, 15) is 4.79 Å². The number of ketones is 1. The molecule has 1 unspecified atom stereocenters. The molecule has 0 heterocycles. The summed E-state index contributed by atoms with van der Waals surface area (Å²) in [6.45, 7) is 6.23. The second-order valence-electron chi connectivity index (χ2n) is 4.20. The molecule has 0 saturated heterocycles. The van der Waals surface area contributed by atoms with Gasteiger partial charge in [0.25, 0.3) is 0 Å². The van der Waals surface area contributed by atoms with Crippen LogP contribution in [0.4, 0.5) is 0 Å². The van der Waals surface area contributed by atoms with Gasteiger partial charge in [-0.3, -0.25) is 4.79 Å². The molecule has 0 radical (unpaired) electrons. The summed E-state index contributed by atoms with van der Waals surface area (Å²) in [7, 11) is 0. The Morgan fingerprint density at radius 1 is 1.54 bits per heavy atom. The van der Waals surface area contributed by atoms with E-state index in [4.69, 9.17) is 0 Å². The van der Waals surface area contributed by atoms with E-state index in [0.29, 0.717) is 12.3 Å². The first-order chi connectivity index (χ1) is 6.08. The molecule has 1 atom stereocenters. The van der Waals surface area contributed by atoms with Crippen molar-refractivity contribution in [3.8, 4) is 0 Å². The van der Waals surface area contributed by atoms with Gasteiger partial charge < -0.3 is 0 Å². The van der Waals surface area contributed by atoms with E-state index < -0.39 is 0 Å². The van der Waals surface area contributed by atoms with Crippen molar-refractivity contribution in [2.45, 2.75) is 40.0 Å². The molecule has 1 aliphatic rings. The number of allylic oxidation sites excluding steroid dienone is 4. The van der Waals surface area contributed by atoms with E-state index >= 15 is 0 Å². The summed E-state index contributed by atoms with van der Waals surface area (Å²) in [6, 6.07) is 0. The van der Waals surface area contributed by atoms with Crippen molar-refractivity contribution in [3.63, 3.8) is 0 Å². The number of hydrogen-bond acceptors (Lipinski definition) is 1. The van der Waals surface area contributed by atoms with Crippen molar-refractivity contribution in [3.05, 3.63) is 23.3 Å². The normalized spacial score (nSPS) is 23.5. The van der Waals surface area contributed by atoms with Crippen LogP contribution in [-0.2, 0) is 4.79 Å². The summed E-state index contributed by atoms with van der Waals surface area (Å²) in [4.78, 5) is 11.4. The molecule has 0 aromatic heterocycles. The third-order valence-corrected chi connectivity index (χ3v) is 2.35. The standard InChI is InChI=1S/C12H18O/c1-9(2)6-11-5-4-10(3)7-12(13)8-11/h6-7,11H,4-5,8H2,1-3H3. The quantitative estimate of drug-likeness (QED) is 0.563. The van der Waals surface area contributed by atoms with Crippen LogP contribution in [0.2, 0.25) is 0 Å². The Labute approximate surface area is 80.5 Å². The molecule has 1 heteroatoms. The first-order valence-electron chi connectivity index (χ1n) is 4.93. The highest BCUT2D eigenvalue weighted by molar-refractivity contribution is 5.90. The first kappa shape index (κ1) is 10.2. The second kappa shape index (κ2) is 4.40. The summed E-state index contributed by atoms with van der Waals surface area (Å²) < 4.78 is 0. The Kier molecular flexibility index (Phi) is 3.47. The highest BCUT2D eigenvalue weighted by Gasteiger charge is 2.14. The molecule has 0 spiro atoms. The first-order valence-corrected chi connectivity index (χ1v) is 4.93. The van der Waals surface area contributed by atoms with Crippen molar-refractivity contribution in [1.29, 1.82) is 0 Å². The monoisotopic (exact) mass is 178 g/mol. The lowest BCUT2D eigenvalue weighted by atomic mass is 9.97. The Balaban J connectivity index is 2.65. The van der Waals surface area contributed by atoms with Crippen LogP contribution in [-0.4, -0.2) is 5.78 Å². The Hall–Kier alpha value is -0.850. The van der Waals surface area contributed by atoms with Crippen LogP contribution in [0.15, 0.2) is 23.3 Å². The maximum Gasteiger partial charge on any atom is 0.156 e. The lowest BCUT2D eigenvalue weighted by Crippen LogP contribution is -2.01. The van der Waals surface area contributed by atoms with Crippen LogP contribution in [0.5, 0.6) is 0 Å². The fourth-order valence-corrected chi connectivity index (χ4v) is 1.79. The third-order valence-electron chi connectivity index (χ3n) is 2.35. The topological polar surface area (TPSA) is 17.1 Å². The molecule has 0 bridgehead atoms. The van der Waals surface area contributed by atoms with E-state index in [1.807, 2.05) is 6.92 Å². The molecule has 1 rings (SSSR count). The van der Waals surface area contributed by atoms with E-state index in [-0.39, 0.29) is 5.78 Å². The van der Waals surface area contributed by atoms with Crippen molar-refractivity contribution < 1.29 is 4.79 Å². The SMILES string of the molecule is CC(C)=CC1CCC(C)=CC(=O)C1. The fourth-order valence-electron chi connectivity index (χ4n) is 1.79. The molecule has 1 nitrogen and oxygen atoms in total. The molecule has 0 aliphatic heterocycles. The predicted octanol–water partition coefficient (Wildman–Crippen LogP) is 3.27. The minimum Gasteiger partial charge on any atom is -0.295 e. The van der Waals surface area contributed by atoms with Gasteiger partial charge in [0.15, 0.2) is 5.78 Å². The van der Waals surface area contributed by atoms with Gasteiger partial charge in [0.1, 0.15) is 0 Å². The van der Waals surface area contributed by atoms with Crippen LogP contribution >= 0.6 is 0 Å². The molecule has 0 saturated carbocycles. The fraction of sp³-hybridized carbons (Fsp3) is 0.583. The number of carbonyl (C=O) groups is 1. The highest BCUT2D eigenvalue weighted by Crippen LogP contribution is 2.22. The molecule has 13 heavy (non-hydrogen) atoms. The average Bonchev–Trinajstić information content (AvgIpc) is 2.11. The van der Waals surface area contributed by atoms with Crippen LogP contribution in [0.3, 0.4) is 0 Å². The predicted molar refractivity (Wildman–Crippen MR) is 55.5 cm³/mol. The van der Waals surface area contributed by atoms with Crippen molar-refractivity contribution in [2.24, 2.45) is 5.92 Å². The molecule has 72 valence electrons. The lowest BCUT2D eigenvalue weighted by molar-refractivity contribution is -0.115. The zero-order chi connectivity index (χ0) is 9.84. The van der Waals surface area contributed by atoms with Gasteiger partial charge >= 0.3 is 0 Å². The highest BCUT2D eigenvalue weighted by atomic mass is 16.1. The Morgan fingerprint density at radius 2 is 2.23 bits per heavy atom. The average molecular weight is 178 g/mol. The maximum absolute atomic E-state index is 11.4. The van der Waals surface area contributed by atoms with Gasteiger partial charge in [0, 0.05) is 6.42 Å².